The molecule has 0 bridgehead atoms. The van der Waals surface area contributed by atoms with Gasteiger partial charge in [-0.1, -0.05) is 5.16 Å². The van der Waals surface area contributed by atoms with Crippen LogP contribution in [0, 0.1) is 12.8 Å². The van der Waals surface area contributed by atoms with Gasteiger partial charge in [0.1, 0.15) is 5.60 Å². The maximum Gasteiger partial charge on any atom is 0.410 e. The van der Waals surface area contributed by atoms with Gasteiger partial charge in [0.2, 0.25) is 5.89 Å². The Bertz CT molecular complexity index is 659. The molecule has 1 amide bonds. The van der Waals surface area contributed by atoms with Crippen LogP contribution in [0.1, 0.15) is 52.3 Å². The lowest BCUT2D eigenvalue weighted by atomic mass is 9.96. The highest BCUT2D eigenvalue weighted by molar-refractivity contribution is 5.79. The summed E-state index contributed by atoms with van der Waals surface area (Å²) in [6.45, 7) is 13.1. The third-order valence-electron chi connectivity index (χ3n) is 4.61. The number of carbonyl (C=O) groups excluding carboxylic acids is 1. The Hall–Kier alpha value is -2.32. The van der Waals surface area contributed by atoms with E-state index in [2.05, 4.69) is 25.3 Å². The number of hydrogen-bond acceptors (Lipinski definition) is 6. The molecule has 1 fully saturated rings. The van der Waals surface area contributed by atoms with E-state index in [0.717, 1.165) is 38.4 Å². The van der Waals surface area contributed by atoms with E-state index in [-0.39, 0.29) is 6.09 Å². The molecule has 1 aromatic heterocycles. The second kappa shape index (κ2) is 9.75. The molecule has 1 aliphatic heterocycles. The van der Waals surface area contributed by atoms with Crippen LogP contribution in [0.4, 0.5) is 4.79 Å². The molecule has 1 aliphatic rings. The van der Waals surface area contributed by atoms with Crippen LogP contribution < -0.4 is 5.32 Å². The molecule has 1 N–H and O–H groups in total. The number of piperidine rings is 1. The molecule has 0 unspecified atom stereocenters. The zero-order valence-electron chi connectivity index (χ0n) is 18.0. The van der Waals surface area contributed by atoms with Crippen molar-refractivity contribution in [2.45, 2.75) is 59.6 Å². The van der Waals surface area contributed by atoms with Gasteiger partial charge in [0.25, 0.3) is 0 Å². The van der Waals surface area contributed by atoms with Crippen molar-refractivity contribution in [1.29, 1.82) is 0 Å². The third kappa shape index (κ3) is 6.69. The van der Waals surface area contributed by atoms with Crippen molar-refractivity contribution in [3.63, 3.8) is 0 Å². The van der Waals surface area contributed by atoms with Gasteiger partial charge >= 0.3 is 6.09 Å². The molecule has 1 aromatic rings. The minimum Gasteiger partial charge on any atom is -0.444 e. The maximum absolute atomic E-state index is 12.3. The summed E-state index contributed by atoms with van der Waals surface area (Å²) in [5.74, 6) is 2.46. The first-order valence-electron chi connectivity index (χ1n) is 9.94. The number of rotatable bonds is 5. The predicted molar refractivity (Wildman–Crippen MR) is 107 cm³/mol. The average Bonchev–Trinajstić information content (AvgIpc) is 3.05. The second-order valence-corrected chi connectivity index (χ2v) is 8.09. The van der Waals surface area contributed by atoms with Gasteiger partial charge in [-0.25, -0.2) is 4.79 Å². The van der Waals surface area contributed by atoms with Crippen LogP contribution in [0.3, 0.4) is 0 Å². The van der Waals surface area contributed by atoms with Crippen LogP contribution in [-0.4, -0.2) is 70.8 Å². The first-order chi connectivity index (χ1) is 13.2. The van der Waals surface area contributed by atoms with E-state index in [1.165, 1.54) is 0 Å². The zero-order chi connectivity index (χ0) is 20.7. The van der Waals surface area contributed by atoms with Crippen LogP contribution in [0.2, 0.25) is 0 Å². The van der Waals surface area contributed by atoms with Gasteiger partial charge < -0.3 is 24.4 Å². The highest BCUT2D eigenvalue weighted by Gasteiger charge is 2.27. The SMILES string of the molecule is CCN(CC1CCN(C(=NC)NCc2nc(C)no2)CC1)C(=O)OC(C)(C)C. The molecule has 28 heavy (non-hydrogen) atoms. The third-order valence-corrected chi connectivity index (χ3v) is 4.61. The highest BCUT2D eigenvalue weighted by Crippen LogP contribution is 2.20. The molecule has 0 spiro atoms. The molecule has 9 nitrogen and oxygen atoms in total. The Morgan fingerprint density at radius 1 is 1.39 bits per heavy atom. The largest absolute Gasteiger partial charge is 0.444 e. The van der Waals surface area contributed by atoms with Crippen molar-refractivity contribution in [2.24, 2.45) is 10.9 Å². The number of guanidine groups is 1. The maximum atomic E-state index is 12.3. The normalized spacial score (nSPS) is 16.2. The van der Waals surface area contributed by atoms with Crippen molar-refractivity contribution in [3.8, 4) is 0 Å². The average molecular weight is 395 g/mol. The molecule has 158 valence electrons. The van der Waals surface area contributed by atoms with E-state index in [4.69, 9.17) is 9.26 Å². The van der Waals surface area contributed by atoms with Crippen molar-refractivity contribution >= 4 is 12.1 Å². The number of carbonyl (C=O) groups is 1. The van der Waals surface area contributed by atoms with Gasteiger partial charge in [-0.3, -0.25) is 4.99 Å². The number of aromatic nitrogens is 2. The monoisotopic (exact) mass is 394 g/mol. The number of nitrogens with zero attached hydrogens (tertiary/aromatic N) is 5. The summed E-state index contributed by atoms with van der Waals surface area (Å²) in [4.78, 5) is 24.9. The fourth-order valence-corrected chi connectivity index (χ4v) is 3.20. The topological polar surface area (TPSA) is 96.1 Å². The Labute approximate surface area is 167 Å². The van der Waals surface area contributed by atoms with Gasteiger partial charge in [-0.15, -0.1) is 0 Å². The van der Waals surface area contributed by atoms with Crippen molar-refractivity contribution in [1.82, 2.24) is 25.3 Å². The lowest BCUT2D eigenvalue weighted by molar-refractivity contribution is 0.0214. The fraction of sp³-hybridized carbons (Fsp3) is 0.789. The Morgan fingerprint density at radius 3 is 2.57 bits per heavy atom. The summed E-state index contributed by atoms with van der Waals surface area (Å²) in [5.41, 5.74) is -0.469. The number of ether oxygens (including phenoxy) is 1. The van der Waals surface area contributed by atoms with Gasteiger partial charge in [0.15, 0.2) is 11.8 Å². The number of hydrogen-bond donors (Lipinski definition) is 1. The molecule has 1 saturated heterocycles. The van der Waals surface area contributed by atoms with Crippen molar-refractivity contribution in [3.05, 3.63) is 11.7 Å². The Balaban J connectivity index is 1.81. The zero-order valence-corrected chi connectivity index (χ0v) is 18.0. The number of nitrogens with one attached hydrogen (secondary N) is 1. The minimum atomic E-state index is -0.469. The van der Waals surface area contributed by atoms with Crippen LogP contribution in [-0.2, 0) is 11.3 Å². The summed E-state index contributed by atoms with van der Waals surface area (Å²) in [6, 6.07) is 0. The van der Waals surface area contributed by atoms with Crippen molar-refractivity contribution < 1.29 is 14.1 Å². The molecule has 0 radical (unpaired) electrons. The molecule has 0 aromatic carbocycles. The first kappa shape index (κ1) is 22.0. The molecule has 9 heteroatoms. The van der Waals surface area contributed by atoms with E-state index in [1.54, 1.807) is 18.9 Å². The quantitative estimate of drug-likeness (QED) is 0.605. The molecular formula is C19H34N6O3. The molecule has 0 saturated carbocycles. The number of aryl methyl sites for hydroxylation is 1. The molecule has 0 atom stereocenters. The standard InChI is InChI=1S/C19H34N6O3/c1-7-24(18(26)27-19(3,4)5)13-15-8-10-25(11-9-15)17(20-6)21-12-16-22-14(2)23-28-16/h15H,7-13H2,1-6H3,(H,20,21). The fourth-order valence-electron chi connectivity index (χ4n) is 3.20. The number of aliphatic imine (C=N–C) groups is 1. The molecule has 2 heterocycles. The number of likely N-dealkylation sites (tertiary alicyclic amines) is 1. The van der Waals surface area contributed by atoms with Gasteiger partial charge in [-0.2, -0.15) is 4.98 Å². The van der Waals surface area contributed by atoms with Crippen molar-refractivity contribution in [2.75, 3.05) is 33.2 Å². The van der Waals surface area contributed by atoms with E-state index < -0.39 is 5.60 Å². The van der Waals surface area contributed by atoms with Gasteiger partial charge in [-0.05, 0) is 53.4 Å². The lowest BCUT2D eigenvalue weighted by Crippen LogP contribution is -2.47. The number of amides is 1. The summed E-state index contributed by atoms with van der Waals surface area (Å²) in [5, 5.41) is 7.07. The van der Waals surface area contributed by atoms with E-state index in [0.29, 0.717) is 30.7 Å². The van der Waals surface area contributed by atoms with Crippen LogP contribution in [0.5, 0.6) is 0 Å². The molecule has 0 aliphatic carbocycles. The second-order valence-electron chi connectivity index (χ2n) is 8.09. The summed E-state index contributed by atoms with van der Waals surface area (Å²) in [6.07, 6.45) is 1.77. The smallest absolute Gasteiger partial charge is 0.410 e. The van der Waals surface area contributed by atoms with E-state index in [9.17, 15) is 4.79 Å². The Morgan fingerprint density at radius 2 is 2.07 bits per heavy atom. The summed E-state index contributed by atoms with van der Waals surface area (Å²) >= 11 is 0. The Kier molecular flexibility index (Phi) is 7.65. The molecule has 2 rings (SSSR count). The molecular weight excluding hydrogens is 360 g/mol. The summed E-state index contributed by atoms with van der Waals surface area (Å²) < 4.78 is 10.6. The van der Waals surface area contributed by atoms with E-state index in [1.807, 2.05) is 27.7 Å². The lowest BCUT2D eigenvalue weighted by Gasteiger charge is -2.36. The van der Waals surface area contributed by atoms with Crippen LogP contribution in [0.15, 0.2) is 9.52 Å². The van der Waals surface area contributed by atoms with E-state index >= 15 is 0 Å². The highest BCUT2D eigenvalue weighted by atomic mass is 16.6. The van der Waals surface area contributed by atoms with Gasteiger partial charge in [0.05, 0.1) is 6.54 Å². The summed E-state index contributed by atoms with van der Waals surface area (Å²) in [7, 11) is 1.77. The predicted octanol–water partition coefficient (Wildman–Crippen LogP) is 2.42. The first-order valence-corrected chi connectivity index (χ1v) is 9.94. The van der Waals surface area contributed by atoms with Crippen LogP contribution >= 0.6 is 0 Å². The van der Waals surface area contributed by atoms with Crippen LogP contribution in [0.25, 0.3) is 0 Å². The minimum absolute atomic E-state index is 0.232. The van der Waals surface area contributed by atoms with Gasteiger partial charge in [0, 0.05) is 33.2 Å².